The Hall–Kier alpha value is -1.40. The van der Waals surface area contributed by atoms with E-state index >= 15 is 0 Å². The molecule has 0 spiro atoms. The number of hydrogen-bond donors (Lipinski definition) is 1. The van der Waals surface area contributed by atoms with Gasteiger partial charge >= 0.3 is 5.97 Å². The lowest BCUT2D eigenvalue weighted by atomic mass is 10.4. The summed E-state index contributed by atoms with van der Waals surface area (Å²) >= 11 is 2.82. The van der Waals surface area contributed by atoms with Gasteiger partial charge in [-0.25, -0.2) is 9.78 Å². The number of hydrogen-bond acceptors (Lipinski definition) is 6. The molecule has 78 valence electrons. The molecule has 0 saturated heterocycles. The normalized spacial score (nSPS) is 9.93. The quantitative estimate of drug-likeness (QED) is 0.838. The first-order chi connectivity index (χ1) is 7.31. The number of thiazole rings is 1. The van der Waals surface area contributed by atoms with Gasteiger partial charge in [0.15, 0.2) is 5.13 Å². The van der Waals surface area contributed by atoms with Crippen LogP contribution in [0.25, 0.3) is 0 Å². The molecule has 2 aromatic rings. The summed E-state index contributed by atoms with van der Waals surface area (Å²) in [7, 11) is 1.37. The summed E-state index contributed by atoms with van der Waals surface area (Å²) in [5.74, 6) is -0.330. The molecule has 0 aliphatic heterocycles. The van der Waals surface area contributed by atoms with E-state index in [0.29, 0.717) is 4.88 Å². The van der Waals surface area contributed by atoms with Crippen LogP contribution in [0.2, 0.25) is 0 Å². The second-order valence-corrected chi connectivity index (χ2v) is 4.43. The summed E-state index contributed by atoms with van der Waals surface area (Å²) in [5.41, 5.74) is 0.738. The molecule has 0 fully saturated rings. The maximum Gasteiger partial charge on any atom is 0.350 e. The number of ether oxygens (including phenoxy) is 1. The third kappa shape index (κ3) is 2.16. The first-order valence-corrected chi connectivity index (χ1v) is 5.89. The SMILES string of the molecule is COC(=O)c1sccc1Nc1nccs1. The van der Waals surface area contributed by atoms with Crippen molar-refractivity contribution in [2.24, 2.45) is 0 Å². The van der Waals surface area contributed by atoms with Gasteiger partial charge in [0.2, 0.25) is 0 Å². The largest absolute Gasteiger partial charge is 0.465 e. The zero-order valence-electron chi connectivity index (χ0n) is 7.89. The van der Waals surface area contributed by atoms with Crippen molar-refractivity contribution >= 4 is 39.5 Å². The van der Waals surface area contributed by atoms with Gasteiger partial charge in [0.1, 0.15) is 4.88 Å². The van der Waals surface area contributed by atoms with Crippen molar-refractivity contribution in [3.05, 3.63) is 27.9 Å². The number of anilines is 2. The highest BCUT2D eigenvalue weighted by Crippen LogP contribution is 2.27. The summed E-state index contributed by atoms with van der Waals surface area (Å²) < 4.78 is 4.67. The van der Waals surface area contributed by atoms with Crippen molar-refractivity contribution in [2.45, 2.75) is 0 Å². The molecule has 0 aromatic carbocycles. The Morgan fingerprint density at radius 2 is 2.33 bits per heavy atom. The lowest BCUT2D eigenvalue weighted by molar-refractivity contribution is 0.0607. The minimum absolute atomic E-state index is 0.330. The summed E-state index contributed by atoms with van der Waals surface area (Å²) in [6.45, 7) is 0. The number of rotatable bonds is 3. The van der Waals surface area contributed by atoms with Crippen LogP contribution in [0.15, 0.2) is 23.0 Å². The highest BCUT2D eigenvalue weighted by molar-refractivity contribution is 7.14. The van der Waals surface area contributed by atoms with Gasteiger partial charge in [-0.05, 0) is 11.4 Å². The highest BCUT2D eigenvalue weighted by atomic mass is 32.1. The Morgan fingerprint density at radius 1 is 1.47 bits per heavy atom. The van der Waals surface area contributed by atoms with Crippen LogP contribution in [0.4, 0.5) is 10.8 Å². The Labute approximate surface area is 94.5 Å². The van der Waals surface area contributed by atoms with Crippen LogP contribution in [0.1, 0.15) is 9.67 Å². The zero-order chi connectivity index (χ0) is 10.7. The predicted octanol–water partition coefficient (Wildman–Crippen LogP) is 2.73. The Morgan fingerprint density at radius 3 is 3.00 bits per heavy atom. The Balaban J connectivity index is 2.22. The number of thiophene rings is 1. The van der Waals surface area contributed by atoms with E-state index in [1.807, 2.05) is 16.8 Å². The second-order valence-electron chi connectivity index (χ2n) is 2.62. The standard InChI is InChI=1S/C9H8N2O2S2/c1-13-8(12)7-6(2-4-14-7)11-9-10-3-5-15-9/h2-5H,1H3,(H,10,11). The van der Waals surface area contributed by atoms with Crippen molar-refractivity contribution in [1.29, 1.82) is 0 Å². The smallest absolute Gasteiger partial charge is 0.350 e. The van der Waals surface area contributed by atoms with E-state index in [2.05, 4.69) is 15.0 Å². The molecule has 1 N–H and O–H groups in total. The highest BCUT2D eigenvalue weighted by Gasteiger charge is 2.13. The molecule has 0 aliphatic carbocycles. The minimum atomic E-state index is -0.330. The van der Waals surface area contributed by atoms with Gasteiger partial charge in [0.05, 0.1) is 12.8 Å². The van der Waals surface area contributed by atoms with Crippen LogP contribution < -0.4 is 5.32 Å². The second kappa shape index (κ2) is 4.41. The van der Waals surface area contributed by atoms with E-state index in [1.165, 1.54) is 29.8 Å². The number of carbonyl (C=O) groups excluding carboxylic acids is 1. The maximum atomic E-state index is 11.4. The lowest BCUT2D eigenvalue weighted by Gasteiger charge is -2.02. The molecular formula is C9H8N2O2S2. The molecule has 0 radical (unpaired) electrons. The van der Waals surface area contributed by atoms with Crippen molar-refractivity contribution in [1.82, 2.24) is 4.98 Å². The molecule has 2 aromatic heterocycles. The average molecular weight is 240 g/mol. The molecule has 0 atom stereocenters. The molecule has 15 heavy (non-hydrogen) atoms. The summed E-state index contributed by atoms with van der Waals surface area (Å²) in [5, 5.41) is 7.53. The number of esters is 1. The van der Waals surface area contributed by atoms with Gasteiger partial charge in [-0.2, -0.15) is 0 Å². The number of aromatic nitrogens is 1. The van der Waals surface area contributed by atoms with E-state index in [9.17, 15) is 4.79 Å². The van der Waals surface area contributed by atoms with Crippen LogP contribution in [-0.2, 0) is 4.74 Å². The van der Waals surface area contributed by atoms with E-state index in [1.54, 1.807) is 6.20 Å². The molecule has 0 aliphatic rings. The van der Waals surface area contributed by atoms with Crippen molar-refractivity contribution in [3.63, 3.8) is 0 Å². The molecule has 0 saturated carbocycles. The van der Waals surface area contributed by atoms with Crippen molar-refractivity contribution < 1.29 is 9.53 Å². The van der Waals surface area contributed by atoms with Gasteiger partial charge in [0.25, 0.3) is 0 Å². The molecule has 2 heterocycles. The molecule has 0 amide bonds. The monoisotopic (exact) mass is 240 g/mol. The van der Waals surface area contributed by atoms with Crippen molar-refractivity contribution in [2.75, 3.05) is 12.4 Å². The van der Waals surface area contributed by atoms with E-state index in [0.717, 1.165) is 10.8 Å². The fourth-order valence-corrected chi connectivity index (χ4v) is 2.37. The van der Waals surface area contributed by atoms with Gasteiger partial charge < -0.3 is 10.1 Å². The summed E-state index contributed by atoms with van der Waals surface area (Å²) in [4.78, 5) is 16.0. The first-order valence-electron chi connectivity index (χ1n) is 4.13. The topological polar surface area (TPSA) is 51.2 Å². The molecule has 4 nitrogen and oxygen atoms in total. The van der Waals surface area contributed by atoms with Crippen LogP contribution >= 0.6 is 22.7 Å². The number of methoxy groups -OCH3 is 1. The lowest BCUT2D eigenvalue weighted by Crippen LogP contribution is -2.01. The third-order valence-electron chi connectivity index (χ3n) is 1.71. The van der Waals surface area contributed by atoms with Gasteiger partial charge in [0, 0.05) is 11.6 Å². The van der Waals surface area contributed by atoms with Crippen LogP contribution in [0.3, 0.4) is 0 Å². The summed E-state index contributed by atoms with van der Waals surface area (Å²) in [6, 6.07) is 1.83. The van der Waals surface area contributed by atoms with Crippen LogP contribution in [-0.4, -0.2) is 18.1 Å². The van der Waals surface area contributed by atoms with Crippen LogP contribution in [0.5, 0.6) is 0 Å². The number of carbonyl (C=O) groups is 1. The average Bonchev–Trinajstić information content (AvgIpc) is 2.88. The van der Waals surface area contributed by atoms with Crippen LogP contribution in [0, 0.1) is 0 Å². The van der Waals surface area contributed by atoms with E-state index in [-0.39, 0.29) is 5.97 Å². The van der Waals surface area contributed by atoms with E-state index < -0.39 is 0 Å². The number of nitrogens with one attached hydrogen (secondary N) is 1. The number of nitrogens with zero attached hydrogens (tertiary/aromatic N) is 1. The predicted molar refractivity (Wildman–Crippen MR) is 61.1 cm³/mol. The van der Waals surface area contributed by atoms with Gasteiger partial charge in [-0.15, -0.1) is 22.7 Å². The Kier molecular flexibility index (Phi) is 2.98. The van der Waals surface area contributed by atoms with Gasteiger partial charge in [-0.1, -0.05) is 0 Å². The Bertz CT molecular complexity index is 450. The minimum Gasteiger partial charge on any atom is -0.465 e. The molecule has 6 heteroatoms. The summed E-state index contributed by atoms with van der Waals surface area (Å²) in [6.07, 6.45) is 1.71. The molecule has 2 rings (SSSR count). The van der Waals surface area contributed by atoms with Gasteiger partial charge in [-0.3, -0.25) is 0 Å². The van der Waals surface area contributed by atoms with Crippen molar-refractivity contribution in [3.8, 4) is 0 Å². The first kappa shape index (κ1) is 10.1. The van der Waals surface area contributed by atoms with E-state index in [4.69, 9.17) is 0 Å². The zero-order valence-corrected chi connectivity index (χ0v) is 9.52. The molecule has 0 bridgehead atoms. The third-order valence-corrected chi connectivity index (χ3v) is 3.29. The fourth-order valence-electron chi connectivity index (χ4n) is 1.06. The molecule has 0 unspecified atom stereocenters. The molecular weight excluding hydrogens is 232 g/mol. The maximum absolute atomic E-state index is 11.4. The fraction of sp³-hybridized carbons (Fsp3) is 0.111.